The molecule has 7 heteroatoms. The lowest BCUT2D eigenvalue weighted by molar-refractivity contribution is -0.137. The summed E-state index contributed by atoms with van der Waals surface area (Å²) < 4.78 is 56.2. The second-order valence-corrected chi connectivity index (χ2v) is 6.61. The number of hydrogen-bond donors (Lipinski definition) is 1. The summed E-state index contributed by atoms with van der Waals surface area (Å²) in [7, 11) is 0. The summed E-state index contributed by atoms with van der Waals surface area (Å²) in [5.41, 5.74) is 5.15. The van der Waals surface area contributed by atoms with Crippen molar-refractivity contribution >= 4 is 16.8 Å². The number of rotatable bonds is 3. The summed E-state index contributed by atoms with van der Waals surface area (Å²) in [4.78, 5) is 12.5. The molecule has 0 spiro atoms. The fourth-order valence-corrected chi connectivity index (χ4v) is 3.11. The van der Waals surface area contributed by atoms with Crippen LogP contribution in [0.1, 0.15) is 29.8 Å². The van der Waals surface area contributed by atoms with E-state index < -0.39 is 17.6 Å². The van der Waals surface area contributed by atoms with E-state index >= 15 is 0 Å². The predicted octanol–water partition coefficient (Wildman–Crippen LogP) is 5.22. The highest BCUT2D eigenvalue weighted by Crippen LogP contribution is 2.39. The lowest BCUT2D eigenvalue weighted by Crippen LogP contribution is -2.16. The summed E-state index contributed by atoms with van der Waals surface area (Å²) in [6, 6.07) is 7.22. The summed E-state index contributed by atoms with van der Waals surface area (Å²) in [6.45, 7) is 3.49. The van der Waals surface area contributed by atoms with Crippen molar-refractivity contribution in [3.8, 4) is 11.1 Å². The molecule has 0 saturated heterocycles. The highest BCUT2D eigenvalue weighted by molar-refractivity contribution is 5.97. The Labute approximate surface area is 153 Å². The van der Waals surface area contributed by atoms with Gasteiger partial charge in [0.2, 0.25) is 5.91 Å². The first kappa shape index (κ1) is 19.1. The SMILES string of the molecule is CC(C)C(=O)n1cc(CN)c2cc(F)c(-c3ccccc3C(F)(F)F)cc21. The van der Waals surface area contributed by atoms with Crippen LogP contribution in [0, 0.1) is 11.7 Å². The van der Waals surface area contributed by atoms with Crippen LogP contribution in [0.15, 0.2) is 42.6 Å². The van der Waals surface area contributed by atoms with E-state index in [4.69, 9.17) is 5.73 Å². The van der Waals surface area contributed by atoms with E-state index in [0.717, 1.165) is 12.1 Å². The summed E-state index contributed by atoms with van der Waals surface area (Å²) in [6.07, 6.45) is -3.11. The topological polar surface area (TPSA) is 48.0 Å². The second-order valence-electron chi connectivity index (χ2n) is 6.61. The Balaban J connectivity index is 2.33. The van der Waals surface area contributed by atoms with E-state index in [9.17, 15) is 22.4 Å². The Kier molecular flexibility index (Phi) is 4.82. The molecule has 2 N–H and O–H groups in total. The maximum Gasteiger partial charge on any atom is 0.417 e. The molecule has 1 aromatic heterocycles. The van der Waals surface area contributed by atoms with Gasteiger partial charge in [-0.15, -0.1) is 0 Å². The molecular formula is C20H18F4N2O. The molecule has 142 valence electrons. The zero-order chi connectivity index (χ0) is 19.9. The third kappa shape index (κ3) is 3.35. The highest BCUT2D eigenvalue weighted by Gasteiger charge is 2.34. The van der Waals surface area contributed by atoms with Crippen molar-refractivity contribution in [2.24, 2.45) is 11.7 Å². The maximum atomic E-state index is 14.8. The Bertz CT molecular complexity index is 1020. The summed E-state index contributed by atoms with van der Waals surface area (Å²) in [5.74, 6) is -1.40. The lowest BCUT2D eigenvalue weighted by atomic mass is 9.97. The van der Waals surface area contributed by atoms with E-state index in [1.165, 1.54) is 35.0 Å². The van der Waals surface area contributed by atoms with Gasteiger partial charge in [0.15, 0.2) is 0 Å². The van der Waals surface area contributed by atoms with E-state index in [-0.39, 0.29) is 29.5 Å². The minimum absolute atomic E-state index is 0.0762. The molecule has 0 unspecified atom stereocenters. The Morgan fingerprint density at radius 3 is 2.41 bits per heavy atom. The molecule has 0 aliphatic heterocycles. The van der Waals surface area contributed by atoms with Crippen LogP contribution in [0.5, 0.6) is 0 Å². The Morgan fingerprint density at radius 2 is 1.81 bits per heavy atom. The number of nitrogens with two attached hydrogens (primary N) is 1. The molecule has 3 rings (SSSR count). The van der Waals surface area contributed by atoms with E-state index in [1.807, 2.05) is 0 Å². The van der Waals surface area contributed by atoms with Gasteiger partial charge in [0.25, 0.3) is 0 Å². The monoisotopic (exact) mass is 378 g/mol. The molecule has 3 nitrogen and oxygen atoms in total. The fourth-order valence-electron chi connectivity index (χ4n) is 3.11. The van der Waals surface area contributed by atoms with E-state index in [1.54, 1.807) is 13.8 Å². The third-order valence-electron chi connectivity index (χ3n) is 4.45. The maximum absolute atomic E-state index is 14.8. The van der Waals surface area contributed by atoms with Gasteiger partial charge in [-0.3, -0.25) is 9.36 Å². The average Bonchev–Trinajstić information content (AvgIpc) is 2.97. The molecule has 0 amide bonds. The molecule has 0 aliphatic carbocycles. The standard InChI is InChI=1S/C20H18F4N2O/c1-11(2)19(27)26-10-12(9-25)14-7-17(21)15(8-18(14)26)13-5-3-4-6-16(13)20(22,23)24/h3-8,10-11H,9,25H2,1-2H3. The molecular weight excluding hydrogens is 360 g/mol. The largest absolute Gasteiger partial charge is 0.417 e. The first-order valence-electron chi connectivity index (χ1n) is 8.39. The normalized spacial score (nSPS) is 12.1. The van der Waals surface area contributed by atoms with Gasteiger partial charge < -0.3 is 5.73 Å². The van der Waals surface area contributed by atoms with Gasteiger partial charge in [-0.2, -0.15) is 13.2 Å². The van der Waals surface area contributed by atoms with Crippen molar-refractivity contribution in [3.05, 3.63) is 59.5 Å². The fraction of sp³-hybridized carbons (Fsp3) is 0.250. The molecule has 0 atom stereocenters. The Hall–Kier alpha value is -2.67. The van der Waals surface area contributed by atoms with Crippen molar-refractivity contribution in [1.82, 2.24) is 4.57 Å². The molecule has 0 aliphatic rings. The smallest absolute Gasteiger partial charge is 0.326 e. The molecule has 3 aromatic rings. The average molecular weight is 378 g/mol. The highest BCUT2D eigenvalue weighted by atomic mass is 19.4. The Morgan fingerprint density at radius 1 is 1.15 bits per heavy atom. The van der Waals surface area contributed by atoms with Crippen LogP contribution in [-0.4, -0.2) is 10.5 Å². The van der Waals surface area contributed by atoms with Crippen LogP contribution in [0.3, 0.4) is 0 Å². The molecule has 0 fully saturated rings. The molecule has 27 heavy (non-hydrogen) atoms. The van der Waals surface area contributed by atoms with Crippen LogP contribution >= 0.6 is 0 Å². The van der Waals surface area contributed by atoms with Gasteiger partial charge >= 0.3 is 6.18 Å². The van der Waals surface area contributed by atoms with Crippen molar-refractivity contribution in [2.45, 2.75) is 26.6 Å². The van der Waals surface area contributed by atoms with Crippen molar-refractivity contribution in [2.75, 3.05) is 0 Å². The van der Waals surface area contributed by atoms with E-state index in [2.05, 4.69) is 0 Å². The number of fused-ring (bicyclic) bond motifs is 1. The van der Waals surface area contributed by atoms with Gasteiger partial charge in [0, 0.05) is 29.6 Å². The van der Waals surface area contributed by atoms with Gasteiger partial charge in [-0.05, 0) is 29.3 Å². The number of aromatic nitrogens is 1. The number of alkyl halides is 3. The molecule has 2 aromatic carbocycles. The number of halogens is 4. The van der Waals surface area contributed by atoms with Gasteiger partial charge in [-0.25, -0.2) is 4.39 Å². The van der Waals surface area contributed by atoms with Crippen LogP contribution in [-0.2, 0) is 12.7 Å². The number of hydrogen-bond acceptors (Lipinski definition) is 2. The van der Waals surface area contributed by atoms with Gasteiger partial charge in [-0.1, -0.05) is 32.0 Å². The van der Waals surface area contributed by atoms with Crippen molar-refractivity contribution in [1.29, 1.82) is 0 Å². The lowest BCUT2D eigenvalue weighted by Gasteiger charge is -2.14. The van der Waals surface area contributed by atoms with E-state index in [0.29, 0.717) is 16.5 Å². The van der Waals surface area contributed by atoms with Crippen LogP contribution < -0.4 is 5.73 Å². The van der Waals surface area contributed by atoms with Crippen molar-refractivity contribution < 1.29 is 22.4 Å². The molecule has 0 saturated carbocycles. The summed E-state index contributed by atoms with van der Waals surface area (Å²) in [5, 5.41) is 0.414. The zero-order valence-electron chi connectivity index (χ0n) is 14.8. The molecule has 0 bridgehead atoms. The molecule has 0 radical (unpaired) electrons. The van der Waals surface area contributed by atoms with Crippen LogP contribution in [0.4, 0.5) is 17.6 Å². The predicted molar refractivity (Wildman–Crippen MR) is 95.7 cm³/mol. The summed E-state index contributed by atoms with van der Waals surface area (Å²) >= 11 is 0. The number of benzene rings is 2. The minimum atomic E-state index is -4.63. The number of carbonyl (C=O) groups excluding carboxylic acids is 1. The molecule has 1 heterocycles. The zero-order valence-corrected chi connectivity index (χ0v) is 14.8. The van der Waals surface area contributed by atoms with Gasteiger partial charge in [0.1, 0.15) is 5.82 Å². The van der Waals surface area contributed by atoms with Crippen LogP contribution in [0.2, 0.25) is 0 Å². The van der Waals surface area contributed by atoms with Crippen LogP contribution in [0.25, 0.3) is 22.0 Å². The van der Waals surface area contributed by atoms with Gasteiger partial charge in [0.05, 0.1) is 11.1 Å². The number of carbonyl (C=O) groups is 1. The minimum Gasteiger partial charge on any atom is -0.326 e. The first-order chi connectivity index (χ1) is 12.6. The quantitative estimate of drug-likeness (QED) is 0.635. The number of nitrogens with zero attached hydrogens (tertiary/aromatic N) is 1. The second kappa shape index (κ2) is 6.81. The van der Waals surface area contributed by atoms with Crippen molar-refractivity contribution in [3.63, 3.8) is 0 Å². The third-order valence-corrected chi connectivity index (χ3v) is 4.45. The first-order valence-corrected chi connectivity index (χ1v) is 8.39.